The van der Waals surface area contributed by atoms with Crippen molar-refractivity contribution >= 4 is 51.6 Å². The van der Waals surface area contributed by atoms with E-state index in [9.17, 15) is 9.59 Å². The second-order valence-electron chi connectivity index (χ2n) is 4.61. The molecule has 24 heavy (non-hydrogen) atoms. The summed E-state index contributed by atoms with van der Waals surface area (Å²) in [5, 5.41) is -0.304. The Morgan fingerprint density at radius 3 is 2.83 bits per heavy atom. The number of rotatable bonds is 6. The largest absolute Gasteiger partial charge is 0.493 e. The summed E-state index contributed by atoms with van der Waals surface area (Å²) in [4.78, 5) is 25.6. The Morgan fingerprint density at radius 2 is 2.21 bits per heavy atom. The van der Waals surface area contributed by atoms with Crippen LogP contribution < -0.4 is 9.47 Å². The van der Waals surface area contributed by atoms with E-state index in [1.807, 2.05) is 6.07 Å². The molecule has 1 fully saturated rings. The van der Waals surface area contributed by atoms with E-state index in [4.69, 9.17) is 15.9 Å². The lowest BCUT2D eigenvalue weighted by Crippen LogP contribution is -2.27. The van der Waals surface area contributed by atoms with E-state index in [1.54, 1.807) is 12.1 Å². The minimum absolute atomic E-state index is 0.131. The zero-order chi connectivity index (χ0) is 17.7. The lowest BCUT2D eigenvalue weighted by atomic mass is 10.2. The van der Waals surface area contributed by atoms with Crippen molar-refractivity contribution in [1.29, 1.82) is 0 Å². The van der Waals surface area contributed by atoms with Crippen LogP contribution in [-0.2, 0) is 4.79 Å². The van der Waals surface area contributed by atoms with Gasteiger partial charge in [0.2, 0.25) is 0 Å². The van der Waals surface area contributed by atoms with E-state index < -0.39 is 0 Å². The molecule has 1 aromatic carbocycles. The van der Waals surface area contributed by atoms with Crippen molar-refractivity contribution in [3.63, 3.8) is 0 Å². The van der Waals surface area contributed by atoms with Gasteiger partial charge in [0.15, 0.2) is 11.5 Å². The van der Waals surface area contributed by atoms with Crippen molar-refractivity contribution in [2.75, 3.05) is 20.3 Å². The zero-order valence-electron chi connectivity index (χ0n) is 12.9. The van der Waals surface area contributed by atoms with Gasteiger partial charge in [-0.3, -0.25) is 14.5 Å². The second-order valence-corrected chi connectivity index (χ2v) is 6.76. The molecule has 0 spiro atoms. The maximum atomic E-state index is 12.2. The van der Waals surface area contributed by atoms with Crippen molar-refractivity contribution < 1.29 is 19.1 Å². The third kappa shape index (κ3) is 3.94. The molecule has 1 aliphatic heterocycles. The van der Waals surface area contributed by atoms with Gasteiger partial charge in [-0.05, 0) is 58.1 Å². The smallest absolute Gasteiger partial charge is 0.293 e. The molecule has 5 nitrogen and oxygen atoms in total. The summed E-state index contributed by atoms with van der Waals surface area (Å²) < 4.78 is 11.6. The molecule has 0 radical (unpaired) electrons. The van der Waals surface area contributed by atoms with Crippen LogP contribution in [0.25, 0.3) is 6.08 Å². The monoisotopic (exact) mass is 455 g/mol. The van der Waals surface area contributed by atoms with Crippen LogP contribution in [0.5, 0.6) is 11.5 Å². The summed E-state index contributed by atoms with van der Waals surface area (Å²) in [6.45, 7) is 3.88. The third-order valence-electron chi connectivity index (χ3n) is 3.03. The highest BCUT2D eigenvalue weighted by molar-refractivity contribution is 14.1. The highest BCUT2D eigenvalue weighted by Gasteiger charge is 2.34. The van der Waals surface area contributed by atoms with Gasteiger partial charge in [0, 0.05) is 6.54 Å². The van der Waals surface area contributed by atoms with Gasteiger partial charge in [0.1, 0.15) is 6.61 Å². The minimum Gasteiger partial charge on any atom is -0.493 e. The SMILES string of the molecule is C#CCOc1c(I)cc(C=C2SC(=O)N(CC=C)C2=O)cc1OC. The molecule has 0 saturated carbocycles. The summed E-state index contributed by atoms with van der Waals surface area (Å²) in [6.07, 6.45) is 8.38. The predicted molar refractivity (Wildman–Crippen MR) is 103 cm³/mol. The number of halogens is 1. The lowest BCUT2D eigenvalue weighted by Gasteiger charge is -2.12. The van der Waals surface area contributed by atoms with Gasteiger partial charge in [-0.2, -0.15) is 0 Å². The van der Waals surface area contributed by atoms with Crippen LogP contribution in [0.3, 0.4) is 0 Å². The van der Waals surface area contributed by atoms with Gasteiger partial charge in [-0.1, -0.05) is 12.0 Å². The molecule has 0 N–H and O–H groups in total. The number of nitrogens with zero attached hydrogens (tertiary/aromatic N) is 1. The normalized spacial score (nSPS) is 15.5. The second kappa shape index (κ2) is 8.26. The van der Waals surface area contributed by atoms with Crippen LogP contribution in [0.4, 0.5) is 4.79 Å². The molecule has 2 rings (SSSR count). The molecule has 7 heteroatoms. The molecule has 1 aromatic rings. The molecule has 0 aromatic heterocycles. The fourth-order valence-corrected chi connectivity index (χ4v) is 3.64. The maximum Gasteiger partial charge on any atom is 0.293 e. The van der Waals surface area contributed by atoms with Crippen molar-refractivity contribution in [3.8, 4) is 23.8 Å². The summed E-state index contributed by atoms with van der Waals surface area (Å²) >= 11 is 3.01. The topological polar surface area (TPSA) is 55.8 Å². The molecule has 0 atom stereocenters. The number of hydrogen-bond donors (Lipinski definition) is 0. The summed E-state index contributed by atoms with van der Waals surface area (Å²) in [5.41, 5.74) is 0.730. The maximum absolute atomic E-state index is 12.2. The number of carbonyl (C=O) groups is 2. The Bertz CT molecular complexity index is 767. The first kappa shape index (κ1) is 18.4. The van der Waals surface area contributed by atoms with E-state index in [0.717, 1.165) is 25.8 Å². The van der Waals surface area contributed by atoms with Gasteiger partial charge < -0.3 is 9.47 Å². The molecular formula is C17H14INO4S. The molecule has 0 bridgehead atoms. The highest BCUT2D eigenvalue weighted by Crippen LogP contribution is 2.37. The standard InChI is InChI=1S/C17H14INO4S/c1-4-6-19-16(20)14(24-17(19)21)10-11-8-12(18)15(23-7-5-2)13(9-11)22-3/h2,4,8-10H,1,6-7H2,3H3. The van der Waals surface area contributed by atoms with Crippen LogP contribution in [0.1, 0.15) is 5.56 Å². The lowest BCUT2D eigenvalue weighted by molar-refractivity contribution is -0.122. The third-order valence-corrected chi connectivity index (χ3v) is 4.74. The quantitative estimate of drug-likeness (QED) is 0.284. The van der Waals surface area contributed by atoms with Crippen LogP contribution >= 0.6 is 34.4 Å². The van der Waals surface area contributed by atoms with E-state index in [2.05, 4.69) is 35.1 Å². The fraction of sp³-hybridized carbons (Fsp3) is 0.176. The number of ether oxygens (including phenoxy) is 2. The minimum atomic E-state index is -0.327. The number of carbonyl (C=O) groups excluding carboxylic acids is 2. The van der Waals surface area contributed by atoms with E-state index in [-0.39, 0.29) is 24.3 Å². The first-order chi connectivity index (χ1) is 11.5. The number of hydrogen-bond acceptors (Lipinski definition) is 5. The van der Waals surface area contributed by atoms with Crippen LogP contribution in [0, 0.1) is 15.9 Å². The molecular weight excluding hydrogens is 441 g/mol. The zero-order valence-corrected chi connectivity index (χ0v) is 15.8. The van der Waals surface area contributed by atoms with Crippen molar-refractivity contribution in [1.82, 2.24) is 4.90 Å². The van der Waals surface area contributed by atoms with Crippen LogP contribution in [0.15, 0.2) is 29.7 Å². The molecule has 0 unspecified atom stereocenters. The number of amides is 2. The fourth-order valence-electron chi connectivity index (χ4n) is 2.01. The first-order valence-electron chi connectivity index (χ1n) is 6.81. The van der Waals surface area contributed by atoms with Crippen LogP contribution in [0.2, 0.25) is 0 Å². The molecule has 124 valence electrons. The molecule has 1 heterocycles. The number of methoxy groups -OCH3 is 1. The highest BCUT2D eigenvalue weighted by atomic mass is 127. The Labute approximate surface area is 158 Å². The van der Waals surface area contributed by atoms with Crippen LogP contribution in [-0.4, -0.2) is 36.3 Å². The number of benzene rings is 1. The average molecular weight is 455 g/mol. The Balaban J connectivity index is 2.35. The van der Waals surface area contributed by atoms with Crippen molar-refractivity contribution in [2.24, 2.45) is 0 Å². The average Bonchev–Trinajstić information content (AvgIpc) is 2.81. The Morgan fingerprint density at radius 1 is 1.46 bits per heavy atom. The predicted octanol–water partition coefficient (Wildman–Crippen LogP) is 3.53. The number of thioether (sulfide) groups is 1. The Kier molecular flexibility index (Phi) is 6.34. The van der Waals surface area contributed by atoms with Gasteiger partial charge in [-0.15, -0.1) is 13.0 Å². The molecule has 2 amide bonds. The van der Waals surface area contributed by atoms with E-state index >= 15 is 0 Å². The van der Waals surface area contributed by atoms with Gasteiger partial charge >= 0.3 is 0 Å². The van der Waals surface area contributed by atoms with Gasteiger partial charge in [0.05, 0.1) is 15.6 Å². The molecule has 0 aliphatic carbocycles. The first-order valence-corrected chi connectivity index (χ1v) is 8.71. The number of imide groups is 1. The molecule has 1 saturated heterocycles. The molecule has 1 aliphatic rings. The van der Waals surface area contributed by atoms with Crippen molar-refractivity contribution in [3.05, 3.63) is 38.8 Å². The summed E-state index contributed by atoms with van der Waals surface area (Å²) in [5.74, 6) is 3.13. The van der Waals surface area contributed by atoms with Gasteiger partial charge in [0.25, 0.3) is 11.1 Å². The van der Waals surface area contributed by atoms with E-state index in [1.165, 1.54) is 13.2 Å². The van der Waals surface area contributed by atoms with E-state index in [0.29, 0.717) is 16.4 Å². The van der Waals surface area contributed by atoms with Gasteiger partial charge in [-0.25, -0.2) is 0 Å². The number of terminal acetylenes is 1. The summed E-state index contributed by atoms with van der Waals surface area (Å²) in [7, 11) is 1.52. The van der Waals surface area contributed by atoms with Crippen molar-refractivity contribution in [2.45, 2.75) is 0 Å². The summed E-state index contributed by atoms with van der Waals surface area (Å²) in [6, 6.07) is 3.56. The Hall–Kier alpha value is -1.92.